The Labute approximate surface area is 113 Å². The van der Waals surface area contributed by atoms with Crippen LogP contribution < -0.4 is 5.32 Å². The topological polar surface area (TPSA) is 79.3 Å². The molecular formula is C14H20N2O3. The number of carboxylic acids is 1. The van der Waals surface area contributed by atoms with Gasteiger partial charge in [0.05, 0.1) is 6.42 Å². The molecular weight excluding hydrogens is 244 g/mol. The summed E-state index contributed by atoms with van der Waals surface area (Å²) >= 11 is 0. The van der Waals surface area contributed by atoms with E-state index in [0.717, 1.165) is 12.8 Å². The first-order valence-corrected chi connectivity index (χ1v) is 6.42. The van der Waals surface area contributed by atoms with Gasteiger partial charge in [-0.05, 0) is 25.5 Å². The first-order chi connectivity index (χ1) is 8.97. The van der Waals surface area contributed by atoms with Crippen molar-refractivity contribution in [2.75, 3.05) is 0 Å². The van der Waals surface area contributed by atoms with Gasteiger partial charge in [0.1, 0.15) is 5.69 Å². The van der Waals surface area contributed by atoms with E-state index >= 15 is 0 Å². The summed E-state index contributed by atoms with van der Waals surface area (Å²) in [5, 5.41) is 11.8. The molecule has 1 aromatic rings. The first kappa shape index (κ1) is 15.1. The number of carboxylic acid groups (broad SMARTS) is 1. The second kappa shape index (κ2) is 6.87. The van der Waals surface area contributed by atoms with Crippen molar-refractivity contribution in [3.8, 4) is 0 Å². The zero-order chi connectivity index (χ0) is 14.3. The molecule has 104 valence electrons. The summed E-state index contributed by atoms with van der Waals surface area (Å²) in [5.41, 5.74) is -0.438. The molecule has 0 bridgehead atoms. The summed E-state index contributed by atoms with van der Waals surface area (Å²) < 4.78 is 0. The standard InChI is InChI=1S/C14H20N2O3/c1-3-4-8-14(2,10-12(17)18)16-13(19)11-7-5-6-9-15-11/h5-7,9H,3-4,8,10H2,1-2H3,(H,16,19)(H,17,18). The van der Waals surface area contributed by atoms with Crippen molar-refractivity contribution in [2.24, 2.45) is 0 Å². The van der Waals surface area contributed by atoms with Gasteiger partial charge < -0.3 is 10.4 Å². The lowest BCUT2D eigenvalue weighted by molar-refractivity contribution is -0.138. The third kappa shape index (κ3) is 5.07. The van der Waals surface area contributed by atoms with Crippen LogP contribution in [0.2, 0.25) is 0 Å². The maximum absolute atomic E-state index is 12.0. The third-order valence-corrected chi connectivity index (χ3v) is 2.94. The molecule has 1 atom stereocenters. The molecule has 1 heterocycles. The van der Waals surface area contributed by atoms with E-state index in [2.05, 4.69) is 10.3 Å². The number of nitrogens with one attached hydrogen (secondary N) is 1. The van der Waals surface area contributed by atoms with Crippen LogP contribution in [0.3, 0.4) is 0 Å². The second-order valence-electron chi connectivity index (χ2n) is 4.90. The zero-order valence-corrected chi connectivity index (χ0v) is 11.3. The molecule has 1 aromatic heterocycles. The molecule has 1 amide bonds. The molecule has 0 spiro atoms. The zero-order valence-electron chi connectivity index (χ0n) is 11.3. The fourth-order valence-corrected chi connectivity index (χ4v) is 1.93. The maximum Gasteiger partial charge on any atom is 0.305 e. The molecule has 0 fully saturated rings. The third-order valence-electron chi connectivity index (χ3n) is 2.94. The molecule has 1 unspecified atom stereocenters. The average Bonchev–Trinajstić information content (AvgIpc) is 2.36. The van der Waals surface area contributed by atoms with E-state index in [1.165, 1.54) is 6.20 Å². The van der Waals surface area contributed by atoms with Crippen molar-refractivity contribution in [3.05, 3.63) is 30.1 Å². The van der Waals surface area contributed by atoms with E-state index < -0.39 is 11.5 Å². The monoisotopic (exact) mass is 264 g/mol. The van der Waals surface area contributed by atoms with E-state index in [1.54, 1.807) is 25.1 Å². The number of aromatic nitrogens is 1. The van der Waals surface area contributed by atoms with Crippen LogP contribution in [0.15, 0.2) is 24.4 Å². The van der Waals surface area contributed by atoms with Gasteiger partial charge in [-0.15, -0.1) is 0 Å². The van der Waals surface area contributed by atoms with Crippen molar-refractivity contribution in [2.45, 2.75) is 45.1 Å². The van der Waals surface area contributed by atoms with Crippen molar-refractivity contribution in [1.29, 1.82) is 0 Å². The summed E-state index contributed by atoms with van der Waals surface area (Å²) in [7, 11) is 0. The largest absolute Gasteiger partial charge is 0.481 e. The highest BCUT2D eigenvalue weighted by molar-refractivity contribution is 5.93. The van der Waals surface area contributed by atoms with Crippen LogP contribution in [0.25, 0.3) is 0 Å². The van der Waals surface area contributed by atoms with Gasteiger partial charge >= 0.3 is 5.97 Å². The number of rotatable bonds is 7. The number of amides is 1. The lowest BCUT2D eigenvalue weighted by Gasteiger charge is -2.29. The van der Waals surface area contributed by atoms with Gasteiger partial charge in [0.25, 0.3) is 5.91 Å². The fraction of sp³-hybridized carbons (Fsp3) is 0.500. The van der Waals surface area contributed by atoms with Gasteiger partial charge in [0.15, 0.2) is 0 Å². The lowest BCUT2D eigenvalue weighted by Crippen LogP contribution is -2.47. The van der Waals surface area contributed by atoms with Crippen molar-refractivity contribution in [1.82, 2.24) is 10.3 Å². The average molecular weight is 264 g/mol. The number of pyridine rings is 1. The lowest BCUT2D eigenvalue weighted by atomic mass is 9.91. The van der Waals surface area contributed by atoms with E-state index in [-0.39, 0.29) is 12.3 Å². The molecule has 5 heteroatoms. The normalized spacial score (nSPS) is 13.6. The van der Waals surface area contributed by atoms with Gasteiger partial charge in [-0.25, -0.2) is 0 Å². The van der Waals surface area contributed by atoms with Gasteiger partial charge in [-0.3, -0.25) is 14.6 Å². The van der Waals surface area contributed by atoms with E-state index in [1.807, 2.05) is 6.92 Å². The fourth-order valence-electron chi connectivity index (χ4n) is 1.93. The Hall–Kier alpha value is -1.91. The first-order valence-electron chi connectivity index (χ1n) is 6.42. The molecule has 0 aromatic carbocycles. The summed E-state index contributed by atoms with van der Waals surface area (Å²) in [6.45, 7) is 3.79. The molecule has 0 saturated carbocycles. The number of unbranched alkanes of at least 4 members (excludes halogenated alkanes) is 1. The Morgan fingerprint density at radius 2 is 2.16 bits per heavy atom. The number of carbonyl (C=O) groups is 2. The Kier molecular flexibility index (Phi) is 5.48. The molecule has 0 aliphatic rings. The summed E-state index contributed by atoms with van der Waals surface area (Å²) in [5.74, 6) is -1.25. The predicted octanol–water partition coefficient (Wildman–Crippen LogP) is 2.24. The number of aliphatic carboxylic acids is 1. The highest BCUT2D eigenvalue weighted by atomic mass is 16.4. The van der Waals surface area contributed by atoms with Crippen LogP contribution in [0.4, 0.5) is 0 Å². The van der Waals surface area contributed by atoms with Crippen molar-refractivity contribution >= 4 is 11.9 Å². The quantitative estimate of drug-likeness (QED) is 0.791. The minimum Gasteiger partial charge on any atom is -0.481 e. The van der Waals surface area contributed by atoms with Crippen molar-refractivity contribution < 1.29 is 14.7 Å². The van der Waals surface area contributed by atoms with Gasteiger partial charge in [0.2, 0.25) is 0 Å². The van der Waals surface area contributed by atoms with Crippen LogP contribution in [-0.4, -0.2) is 27.5 Å². The minimum absolute atomic E-state index is 0.0917. The van der Waals surface area contributed by atoms with Crippen LogP contribution in [0.1, 0.15) is 50.0 Å². The Morgan fingerprint density at radius 3 is 2.68 bits per heavy atom. The van der Waals surface area contributed by atoms with Crippen molar-refractivity contribution in [3.63, 3.8) is 0 Å². The molecule has 0 aliphatic heterocycles. The van der Waals surface area contributed by atoms with Gasteiger partial charge in [0, 0.05) is 11.7 Å². The summed E-state index contributed by atoms with van der Waals surface area (Å²) in [4.78, 5) is 26.9. The predicted molar refractivity (Wildman–Crippen MR) is 71.9 cm³/mol. The highest BCUT2D eigenvalue weighted by Crippen LogP contribution is 2.19. The van der Waals surface area contributed by atoms with E-state index in [0.29, 0.717) is 12.1 Å². The second-order valence-corrected chi connectivity index (χ2v) is 4.90. The Bertz CT molecular complexity index is 434. The molecule has 2 N–H and O–H groups in total. The molecule has 19 heavy (non-hydrogen) atoms. The van der Waals surface area contributed by atoms with Gasteiger partial charge in [-0.2, -0.15) is 0 Å². The summed E-state index contributed by atoms with van der Waals surface area (Å²) in [6.07, 6.45) is 3.90. The van der Waals surface area contributed by atoms with Crippen LogP contribution >= 0.6 is 0 Å². The van der Waals surface area contributed by atoms with E-state index in [4.69, 9.17) is 5.11 Å². The molecule has 0 saturated heterocycles. The molecule has 5 nitrogen and oxygen atoms in total. The molecule has 0 radical (unpaired) electrons. The number of carbonyl (C=O) groups excluding carboxylic acids is 1. The number of hydrogen-bond acceptors (Lipinski definition) is 3. The minimum atomic E-state index is -0.917. The SMILES string of the molecule is CCCCC(C)(CC(=O)O)NC(=O)c1ccccn1. The van der Waals surface area contributed by atoms with Gasteiger partial charge in [-0.1, -0.05) is 25.8 Å². The Balaban J connectivity index is 2.76. The van der Waals surface area contributed by atoms with Crippen LogP contribution in [0.5, 0.6) is 0 Å². The van der Waals surface area contributed by atoms with Crippen LogP contribution in [0, 0.1) is 0 Å². The summed E-state index contributed by atoms with van der Waals surface area (Å²) in [6, 6.07) is 5.06. The molecule has 1 rings (SSSR count). The van der Waals surface area contributed by atoms with E-state index in [9.17, 15) is 9.59 Å². The number of hydrogen-bond donors (Lipinski definition) is 2. The number of nitrogens with zero attached hydrogens (tertiary/aromatic N) is 1. The maximum atomic E-state index is 12.0. The smallest absolute Gasteiger partial charge is 0.305 e. The van der Waals surface area contributed by atoms with Crippen LogP contribution in [-0.2, 0) is 4.79 Å². The Morgan fingerprint density at radius 1 is 1.42 bits per heavy atom. The molecule has 0 aliphatic carbocycles. The highest BCUT2D eigenvalue weighted by Gasteiger charge is 2.29.